The zero-order valence-electron chi connectivity index (χ0n) is 14.1. The van der Waals surface area contributed by atoms with Gasteiger partial charge in [-0.15, -0.1) is 5.10 Å². The summed E-state index contributed by atoms with van der Waals surface area (Å²) in [7, 11) is 0. The Bertz CT molecular complexity index is 674. The number of piperidine rings is 1. The molecular formula is C18H24N6. The van der Waals surface area contributed by atoms with Crippen LogP contribution in [0.15, 0.2) is 30.5 Å². The molecule has 6 nitrogen and oxygen atoms in total. The first-order valence-corrected chi connectivity index (χ1v) is 8.84. The van der Waals surface area contributed by atoms with Crippen molar-refractivity contribution in [2.24, 2.45) is 5.92 Å². The van der Waals surface area contributed by atoms with Crippen molar-refractivity contribution in [1.29, 1.82) is 0 Å². The van der Waals surface area contributed by atoms with Crippen molar-refractivity contribution in [3.05, 3.63) is 30.5 Å². The van der Waals surface area contributed by atoms with Gasteiger partial charge < -0.3 is 15.5 Å². The Morgan fingerprint density at radius 1 is 1.04 bits per heavy atom. The molecule has 0 bridgehead atoms. The van der Waals surface area contributed by atoms with E-state index >= 15 is 0 Å². The molecule has 0 atom stereocenters. The number of benzene rings is 1. The number of rotatable bonds is 5. The van der Waals surface area contributed by atoms with Crippen LogP contribution in [0.25, 0.3) is 0 Å². The standard InChI is InChI=1S/C18H24N6/c1-13-8-10-24(11-9-13)16-6-4-15(5-7-16)21-18-22-17(12-19-23-18)20-14-2-3-14/h4-7,12-14H,2-3,8-11H2,1H3,(H2,20,21,22,23). The van der Waals surface area contributed by atoms with Gasteiger partial charge in [-0.3, -0.25) is 0 Å². The molecule has 2 aromatic rings. The molecule has 1 aliphatic heterocycles. The lowest BCUT2D eigenvalue weighted by molar-refractivity contribution is 0.438. The van der Waals surface area contributed by atoms with E-state index < -0.39 is 0 Å². The van der Waals surface area contributed by atoms with Gasteiger partial charge in [-0.25, -0.2) is 0 Å². The van der Waals surface area contributed by atoms with Crippen molar-refractivity contribution in [3.63, 3.8) is 0 Å². The highest BCUT2D eigenvalue weighted by molar-refractivity contribution is 5.59. The SMILES string of the molecule is CC1CCN(c2ccc(Nc3nncc(NC4CC4)n3)cc2)CC1. The molecular weight excluding hydrogens is 300 g/mol. The molecule has 4 rings (SSSR count). The highest BCUT2D eigenvalue weighted by Gasteiger charge is 2.21. The van der Waals surface area contributed by atoms with Crippen LogP contribution in [0.4, 0.5) is 23.1 Å². The molecule has 1 saturated carbocycles. The fourth-order valence-corrected chi connectivity index (χ4v) is 3.01. The summed E-state index contributed by atoms with van der Waals surface area (Å²) in [5.41, 5.74) is 2.27. The van der Waals surface area contributed by atoms with E-state index in [1.54, 1.807) is 6.20 Å². The minimum absolute atomic E-state index is 0.528. The van der Waals surface area contributed by atoms with E-state index in [1.165, 1.54) is 31.4 Å². The van der Waals surface area contributed by atoms with Gasteiger partial charge in [0.15, 0.2) is 5.82 Å². The molecule has 0 radical (unpaired) electrons. The second-order valence-corrected chi connectivity index (χ2v) is 6.93. The molecule has 0 spiro atoms. The van der Waals surface area contributed by atoms with Crippen molar-refractivity contribution in [3.8, 4) is 0 Å². The lowest BCUT2D eigenvalue weighted by Gasteiger charge is -2.32. The summed E-state index contributed by atoms with van der Waals surface area (Å²) < 4.78 is 0. The highest BCUT2D eigenvalue weighted by atomic mass is 15.3. The van der Waals surface area contributed by atoms with Crippen molar-refractivity contribution in [1.82, 2.24) is 15.2 Å². The van der Waals surface area contributed by atoms with Crippen LogP contribution in [-0.2, 0) is 0 Å². The minimum Gasteiger partial charge on any atom is -0.372 e. The van der Waals surface area contributed by atoms with Gasteiger partial charge >= 0.3 is 0 Å². The first-order chi connectivity index (χ1) is 11.8. The lowest BCUT2D eigenvalue weighted by Crippen LogP contribution is -2.32. The van der Waals surface area contributed by atoms with E-state index in [1.807, 2.05) is 0 Å². The maximum atomic E-state index is 4.46. The minimum atomic E-state index is 0.528. The summed E-state index contributed by atoms with van der Waals surface area (Å²) in [6.45, 7) is 4.64. The number of nitrogens with zero attached hydrogens (tertiary/aromatic N) is 4. The fourth-order valence-electron chi connectivity index (χ4n) is 3.01. The summed E-state index contributed by atoms with van der Waals surface area (Å²) in [5, 5.41) is 14.6. The van der Waals surface area contributed by atoms with Gasteiger partial charge in [-0.1, -0.05) is 6.92 Å². The third-order valence-corrected chi connectivity index (χ3v) is 4.76. The Kier molecular flexibility index (Phi) is 4.19. The molecule has 2 aliphatic rings. The van der Waals surface area contributed by atoms with Crippen molar-refractivity contribution < 1.29 is 0 Å². The molecule has 6 heteroatoms. The van der Waals surface area contributed by atoms with Crippen LogP contribution in [-0.4, -0.2) is 34.3 Å². The molecule has 0 amide bonds. The lowest BCUT2D eigenvalue weighted by atomic mass is 9.99. The largest absolute Gasteiger partial charge is 0.372 e. The van der Waals surface area contributed by atoms with Gasteiger partial charge in [0.05, 0.1) is 6.20 Å². The average molecular weight is 324 g/mol. The van der Waals surface area contributed by atoms with Gasteiger partial charge in [-0.2, -0.15) is 10.1 Å². The van der Waals surface area contributed by atoms with Gasteiger partial charge in [0.1, 0.15) is 0 Å². The third-order valence-electron chi connectivity index (χ3n) is 4.76. The van der Waals surface area contributed by atoms with Crippen LogP contribution in [0.2, 0.25) is 0 Å². The smallest absolute Gasteiger partial charge is 0.249 e. The molecule has 1 saturated heterocycles. The van der Waals surface area contributed by atoms with E-state index in [-0.39, 0.29) is 0 Å². The molecule has 0 unspecified atom stereocenters. The Balaban J connectivity index is 1.39. The summed E-state index contributed by atoms with van der Waals surface area (Å²) in [6, 6.07) is 9.05. The van der Waals surface area contributed by atoms with E-state index in [9.17, 15) is 0 Å². The maximum Gasteiger partial charge on any atom is 0.249 e. The van der Waals surface area contributed by atoms with E-state index in [0.29, 0.717) is 12.0 Å². The fraction of sp³-hybridized carbons (Fsp3) is 0.500. The van der Waals surface area contributed by atoms with E-state index in [2.05, 4.69) is 61.9 Å². The second kappa shape index (κ2) is 6.63. The molecule has 1 aliphatic carbocycles. The molecule has 1 aromatic carbocycles. The Hall–Kier alpha value is -2.37. The predicted molar refractivity (Wildman–Crippen MR) is 96.8 cm³/mol. The van der Waals surface area contributed by atoms with Crippen LogP contribution in [0.1, 0.15) is 32.6 Å². The van der Waals surface area contributed by atoms with Crippen LogP contribution in [0, 0.1) is 5.92 Å². The third kappa shape index (κ3) is 3.75. The predicted octanol–water partition coefficient (Wildman–Crippen LogP) is 3.43. The van der Waals surface area contributed by atoms with E-state index in [0.717, 1.165) is 30.5 Å². The molecule has 126 valence electrons. The van der Waals surface area contributed by atoms with Crippen molar-refractivity contribution in [2.75, 3.05) is 28.6 Å². The van der Waals surface area contributed by atoms with Crippen LogP contribution in [0.5, 0.6) is 0 Å². The first-order valence-electron chi connectivity index (χ1n) is 8.84. The Morgan fingerprint density at radius 2 is 1.79 bits per heavy atom. The summed E-state index contributed by atoms with van der Waals surface area (Å²) in [6.07, 6.45) is 6.65. The number of aromatic nitrogens is 3. The molecule has 1 aromatic heterocycles. The first kappa shape index (κ1) is 15.2. The topological polar surface area (TPSA) is 66.0 Å². The average Bonchev–Trinajstić information content (AvgIpc) is 3.41. The van der Waals surface area contributed by atoms with Crippen LogP contribution < -0.4 is 15.5 Å². The molecule has 2 fully saturated rings. The van der Waals surface area contributed by atoms with Crippen molar-refractivity contribution in [2.45, 2.75) is 38.6 Å². The zero-order valence-corrected chi connectivity index (χ0v) is 14.1. The zero-order chi connectivity index (χ0) is 16.4. The Labute approximate surface area is 142 Å². The van der Waals surface area contributed by atoms with Crippen LogP contribution in [0.3, 0.4) is 0 Å². The van der Waals surface area contributed by atoms with Gasteiger partial charge in [0.2, 0.25) is 5.95 Å². The summed E-state index contributed by atoms with van der Waals surface area (Å²) in [5.74, 6) is 2.16. The monoisotopic (exact) mass is 324 g/mol. The van der Waals surface area contributed by atoms with Gasteiger partial charge in [0, 0.05) is 30.5 Å². The number of nitrogens with one attached hydrogen (secondary N) is 2. The maximum absolute atomic E-state index is 4.46. The second-order valence-electron chi connectivity index (χ2n) is 6.93. The number of anilines is 4. The molecule has 2 heterocycles. The summed E-state index contributed by atoms with van der Waals surface area (Å²) in [4.78, 5) is 6.92. The van der Waals surface area contributed by atoms with Gasteiger partial charge in [0.25, 0.3) is 0 Å². The summed E-state index contributed by atoms with van der Waals surface area (Å²) >= 11 is 0. The molecule has 2 N–H and O–H groups in total. The quantitative estimate of drug-likeness (QED) is 0.878. The number of hydrogen-bond acceptors (Lipinski definition) is 6. The van der Waals surface area contributed by atoms with E-state index in [4.69, 9.17) is 0 Å². The normalized spacial score (nSPS) is 18.5. The molecule has 24 heavy (non-hydrogen) atoms. The van der Waals surface area contributed by atoms with Gasteiger partial charge in [-0.05, 0) is 55.9 Å². The van der Waals surface area contributed by atoms with Crippen LogP contribution >= 0.6 is 0 Å². The Morgan fingerprint density at radius 3 is 2.50 bits per heavy atom. The number of hydrogen-bond donors (Lipinski definition) is 2. The highest BCUT2D eigenvalue weighted by Crippen LogP contribution is 2.26. The van der Waals surface area contributed by atoms with Crippen molar-refractivity contribution >= 4 is 23.1 Å².